The van der Waals surface area contributed by atoms with E-state index in [9.17, 15) is 10.2 Å². The zero-order chi connectivity index (χ0) is 19.8. The van der Waals surface area contributed by atoms with Crippen molar-refractivity contribution in [1.29, 1.82) is 0 Å². The maximum absolute atomic E-state index is 10.0. The summed E-state index contributed by atoms with van der Waals surface area (Å²) >= 11 is 0. The normalized spacial score (nSPS) is 14.1. The van der Waals surface area contributed by atoms with Crippen molar-refractivity contribution in [2.24, 2.45) is 9.98 Å². The van der Waals surface area contributed by atoms with Crippen LogP contribution in [0.3, 0.4) is 0 Å². The number of aromatic hydroxyl groups is 2. The summed E-state index contributed by atoms with van der Waals surface area (Å²) in [5.41, 5.74) is 3.77. The van der Waals surface area contributed by atoms with Gasteiger partial charge in [-0.2, -0.15) is 0 Å². The van der Waals surface area contributed by atoms with Crippen molar-refractivity contribution in [3.63, 3.8) is 0 Å². The Hall–Kier alpha value is -2.62. The molecule has 0 amide bonds. The summed E-state index contributed by atoms with van der Waals surface area (Å²) in [7, 11) is 0. The topological polar surface area (TPSA) is 65.2 Å². The number of phenols is 2. The predicted octanol–water partition coefficient (Wildman–Crippen LogP) is 5.62. The molecule has 2 aromatic rings. The number of nitrogens with zero attached hydrogens (tertiary/aromatic N) is 2. The van der Waals surface area contributed by atoms with Crippen LogP contribution in [0.2, 0.25) is 0 Å². The first-order valence-corrected chi connectivity index (χ1v) is 9.61. The second kappa shape index (κ2) is 9.91. The third-order valence-corrected chi connectivity index (χ3v) is 5.09. The third-order valence-electron chi connectivity index (χ3n) is 5.09. The average molecular weight is 367 g/mol. The first-order valence-electron chi connectivity index (χ1n) is 9.61. The van der Waals surface area contributed by atoms with Crippen molar-refractivity contribution in [1.82, 2.24) is 0 Å². The van der Waals surface area contributed by atoms with E-state index in [-0.39, 0.29) is 18.2 Å². The van der Waals surface area contributed by atoms with Gasteiger partial charge in [-0.05, 0) is 60.1 Å². The summed E-state index contributed by atoms with van der Waals surface area (Å²) in [6, 6.07) is 11.3. The number of benzene rings is 2. The third kappa shape index (κ3) is 5.68. The predicted molar refractivity (Wildman–Crippen MR) is 114 cm³/mol. The van der Waals surface area contributed by atoms with E-state index < -0.39 is 0 Å². The monoisotopic (exact) mass is 366 g/mol. The molecule has 0 bridgehead atoms. The van der Waals surface area contributed by atoms with E-state index >= 15 is 0 Å². The minimum atomic E-state index is 0.216. The van der Waals surface area contributed by atoms with Crippen LogP contribution in [0.1, 0.15) is 74.6 Å². The summed E-state index contributed by atoms with van der Waals surface area (Å²) < 4.78 is 0. The number of aliphatic imine (C=N–C) groups is 2. The lowest BCUT2D eigenvalue weighted by molar-refractivity contribution is 0.473. The number of phenolic OH excluding ortho intramolecular Hbond substituents is 2. The Kier molecular flexibility index (Phi) is 7.59. The molecule has 2 rings (SSSR count). The molecule has 0 radical (unpaired) electrons. The zero-order valence-corrected chi connectivity index (χ0v) is 16.7. The summed E-state index contributed by atoms with van der Waals surface area (Å²) in [6.45, 7) is 8.85. The van der Waals surface area contributed by atoms with Gasteiger partial charge in [0.05, 0.1) is 0 Å². The molecule has 0 aromatic heterocycles. The Morgan fingerprint density at radius 1 is 0.778 bits per heavy atom. The van der Waals surface area contributed by atoms with Crippen LogP contribution in [0.4, 0.5) is 0 Å². The molecule has 144 valence electrons. The molecular formula is C23H30N2O2. The summed E-state index contributed by atoms with van der Waals surface area (Å²) in [5, 5.41) is 20.0. The molecule has 2 aromatic carbocycles. The van der Waals surface area contributed by atoms with Crippen LogP contribution in [0, 0.1) is 0 Å². The Balaban J connectivity index is 2.06. The van der Waals surface area contributed by atoms with E-state index in [1.54, 1.807) is 24.6 Å². The highest BCUT2D eigenvalue weighted by Crippen LogP contribution is 2.25. The van der Waals surface area contributed by atoms with Crippen molar-refractivity contribution in [3.8, 4) is 11.5 Å². The highest BCUT2D eigenvalue weighted by atomic mass is 16.3. The second-order valence-electron chi connectivity index (χ2n) is 7.02. The Morgan fingerprint density at radius 3 is 1.56 bits per heavy atom. The molecule has 0 aliphatic rings. The molecular weight excluding hydrogens is 336 g/mol. The maximum Gasteiger partial charge on any atom is 0.129 e. The van der Waals surface area contributed by atoms with E-state index in [0.29, 0.717) is 23.0 Å². The molecule has 0 heterocycles. The first kappa shape index (κ1) is 20.7. The van der Waals surface area contributed by atoms with E-state index in [1.165, 1.54) is 11.1 Å². The van der Waals surface area contributed by atoms with Gasteiger partial charge in [-0.3, -0.25) is 9.98 Å². The Labute approximate surface area is 162 Å². The standard InChI is InChI=1S/C23H30N2O2/c1-5-16(3)18-7-9-22(26)20(11-18)13-24-15-25-14-21-12-19(17(4)6-2)8-10-23(21)27/h7-14,16-17,26-27H,5-6,15H2,1-4H3. The van der Waals surface area contributed by atoms with Gasteiger partial charge in [0.2, 0.25) is 0 Å². The van der Waals surface area contributed by atoms with Gasteiger partial charge in [0.25, 0.3) is 0 Å². The molecule has 0 saturated heterocycles. The lowest BCUT2D eigenvalue weighted by atomic mass is 9.97. The van der Waals surface area contributed by atoms with Crippen molar-refractivity contribution in [3.05, 3.63) is 58.7 Å². The van der Waals surface area contributed by atoms with Gasteiger partial charge in [-0.15, -0.1) is 0 Å². The van der Waals surface area contributed by atoms with Gasteiger partial charge in [0, 0.05) is 23.6 Å². The molecule has 4 nitrogen and oxygen atoms in total. The SMILES string of the molecule is CCC(C)c1ccc(O)c(C=NCN=Cc2cc(C(C)CC)ccc2O)c1. The quantitative estimate of drug-likeness (QED) is 0.595. The van der Waals surface area contributed by atoms with Crippen LogP contribution in [0.15, 0.2) is 46.4 Å². The van der Waals surface area contributed by atoms with Crippen LogP contribution in [-0.2, 0) is 0 Å². The van der Waals surface area contributed by atoms with Gasteiger partial charge in [0.15, 0.2) is 0 Å². The van der Waals surface area contributed by atoms with Crippen LogP contribution >= 0.6 is 0 Å². The van der Waals surface area contributed by atoms with Gasteiger partial charge in [0.1, 0.15) is 18.2 Å². The lowest BCUT2D eigenvalue weighted by Gasteiger charge is -2.10. The molecule has 2 atom stereocenters. The molecule has 4 heteroatoms. The Morgan fingerprint density at radius 2 is 1.19 bits per heavy atom. The van der Waals surface area contributed by atoms with E-state index in [0.717, 1.165) is 12.8 Å². The summed E-state index contributed by atoms with van der Waals surface area (Å²) in [4.78, 5) is 8.57. The van der Waals surface area contributed by atoms with Crippen molar-refractivity contribution < 1.29 is 10.2 Å². The number of hydrogen-bond donors (Lipinski definition) is 2. The minimum Gasteiger partial charge on any atom is -0.507 e. The number of hydrogen-bond acceptors (Lipinski definition) is 4. The van der Waals surface area contributed by atoms with Crippen molar-refractivity contribution >= 4 is 12.4 Å². The second-order valence-corrected chi connectivity index (χ2v) is 7.02. The van der Waals surface area contributed by atoms with E-state index in [4.69, 9.17) is 0 Å². The van der Waals surface area contributed by atoms with Gasteiger partial charge >= 0.3 is 0 Å². The number of rotatable bonds is 8. The fraction of sp³-hybridized carbons (Fsp3) is 0.391. The molecule has 2 N–H and O–H groups in total. The lowest BCUT2D eigenvalue weighted by Crippen LogP contribution is -1.94. The fourth-order valence-electron chi connectivity index (χ4n) is 2.76. The van der Waals surface area contributed by atoms with Gasteiger partial charge in [-0.25, -0.2) is 0 Å². The molecule has 0 fully saturated rings. The molecule has 0 saturated carbocycles. The zero-order valence-electron chi connectivity index (χ0n) is 16.7. The Bertz CT molecular complexity index is 745. The highest BCUT2D eigenvalue weighted by Gasteiger charge is 2.07. The maximum atomic E-state index is 10.0. The molecule has 0 aliphatic heterocycles. The van der Waals surface area contributed by atoms with Gasteiger partial charge in [-0.1, -0.05) is 39.8 Å². The van der Waals surface area contributed by atoms with E-state index in [1.807, 2.05) is 24.3 Å². The highest BCUT2D eigenvalue weighted by molar-refractivity contribution is 5.85. The fourth-order valence-corrected chi connectivity index (χ4v) is 2.76. The first-order chi connectivity index (χ1) is 13.0. The van der Waals surface area contributed by atoms with Crippen LogP contribution < -0.4 is 0 Å². The molecule has 2 unspecified atom stereocenters. The summed E-state index contributed by atoms with van der Waals surface area (Å²) in [5.74, 6) is 1.32. The van der Waals surface area contributed by atoms with Crippen molar-refractivity contribution in [2.75, 3.05) is 6.67 Å². The van der Waals surface area contributed by atoms with Crippen LogP contribution in [0.25, 0.3) is 0 Å². The summed E-state index contributed by atoms with van der Waals surface area (Å²) in [6.07, 6.45) is 5.39. The van der Waals surface area contributed by atoms with Crippen LogP contribution in [0.5, 0.6) is 11.5 Å². The van der Waals surface area contributed by atoms with Crippen LogP contribution in [-0.4, -0.2) is 29.3 Å². The molecule has 27 heavy (non-hydrogen) atoms. The molecule has 0 aliphatic carbocycles. The largest absolute Gasteiger partial charge is 0.507 e. The smallest absolute Gasteiger partial charge is 0.129 e. The minimum absolute atomic E-state index is 0.216. The average Bonchev–Trinajstić information content (AvgIpc) is 2.69. The molecule has 0 spiro atoms. The van der Waals surface area contributed by atoms with Crippen molar-refractivity contribution in [2.45, 2.75) is 52.4 Å². The van der Waals surface area contributed by atoms with E-state index in [2.05, 4.69) is 37.7 Å². The van der Waals surface area contributed by atoms with Gasteiger partial charge < -0.3 is 10.2 Å².